The van der Waals surface area contributed by atoms with Crippen molar-refractivity contribution in [3.8, 4) is 5.75 Å². The second-order valence-corrected chi connectivity index (χ2v) is 7.84. The molecule has 130 valence electrons. The van der Waals surface area contributed by atoms with Crippen LogP contribution >= 0.6 is 11.8 Å². The maximum atomic E-state index is 12.8. The van der Waals surface area contributed by atoms with E-state index in [0.29, 0.717) is 11.4 Å². The van der Waals surface area contributed by atoms with Gasteiger partial charge in [0.05, 0.1) is 12.8 Å². The van der Waals surface area contributed by atoms with E-state index in [9.17, 15) is 8.42 Å². The number of nitrogens with zero attached hydrogens (tertiary/aromatic N) is 2. The summed E-state index contributed by atoms with van der Waals surface area (Å²) in [6.45, 7) is 0. The van der Waals surface area contributed by atoms with Crippen molar-refractivity contribution in [2.45, 2.75) is 14.9 Å². The molecular formula is C17H17N3O3S2. The van der Waals surface area contributed by atoms with Crippen molar-refractivity contribution in [1.29, 1.82) is 0 Å². The van der Waals surface area contributed by atoms with Crippen molar-refractivity contribution in [3.05, 3.63) is 60.9 Å². The van der Waals surface area contributed by atoms with Gasteiger partial charge in [-0.25, -0.2) is 13.4 Å². The topological polar surface area (TPSA) is 73.2 Å². The number of anilines is 1. The Balaban J connectivity index is 1.94. The van der Waals surface area contributed by atoms with Crippen molar-refractivity contribution in [1.82, 2.24) is 9.55 Å². The highest BCUT2D eigenvalue weighted by Gasteiger charge is 2.20. The molecule has 0 fully saturated rings. The number of nitrogens with one attached hydrogen (secondary N) is 1. The summed E-state index contributed by atoms with van der Waals surface area (Å²) in [5.41, 5.74) is 0.487. The first-order valence-electron chi connectivity index (χ1n) is 7.41. The van der Waals surface area contributed by atoms with Gasteiger partial charge in [0.2, 0.25) is 0 Å². The molecule has 0 aliphatic carbocycles. The van der Waals surface area contributed by atoms with Crippen LogP contribution in [0.1, 0.15) is 0 Å². The molecule has 6 nitrogen and oxygen atoms in total. The molecule has 0 atom stereocenters. The first-order valence-corrected chi connectivity index (χ1v) is 9.71. The van der Waals surface area contributed by atoms with E-state index < -0.39 is 10.0 Å². The van der Waals surface area contributed by atoms with E-state index in [0.717, 1.165) is 10.1 Å². The molecule has 0 bridgehead atoms. The van der Waals surface area contributed by atoms with Crippen LogP contribution in [-0.2, 0) is 17.1 Å². The van der Waals surface area contributed by atoms with E-state index in [2.05, 4.69) is 9.71 Å². The molecular weight excluding hydrogens is 358 g/mol. The van der Waals surface area contributed by atoms with Gasteiger partial charge in [-0.3, -0.25) is 4.72 Å². The number of methoxy groups -OCH3 is 1. The molecule has 0 saturated carbocycles. The normalized spacial score (nSPS) is 11.3. The number of ether oxygens (including phenoxy) is 1. The summed E-state index contributed by atoms with van der Waals surface area (Å²) in [6.07, 6.45) is 3.54. The van der Waals surface area contributed by atoms with Crippen LogP contribution in [0.4, 0.5) is 5.69 Å². The molecule has 1 heterocycles. The molecule has 0 spiro atoms. The zero-order valence-electron chi connectivity index (χ0n) is 13.7. The van der Waals surface area contributed by atoms with Crippen LogP contribution in [0.15, 0.2) is 75.9 Å². The molecule has 1 N–H and O–H groups in total. The molecule has 0 unspecified atom stereocenters. The molecule has 0 aliphatic rings. The molecule has 8 heteroatoms. The molecule has 0 amide bonds. The molecule has 0 aliphatic heterocycles. The Morgan fingerprint density at radius 3 is 2.56 bits per heavy atom. The maximum absolute atomic E-state index is 12.8. The molecule has 0 radical (unpaired) electrons. The number of benzene rings is 2. The summed E-state index contributed by atoms with van der Waals surface area (Å²) in [6, 6.07) is 13.7. The van der Waals surface area contributed by atoms with Crippen LogP contribution in [0.3, 0.4) is 0 Å². The van der Waals surface area contributed by atoms with Gasteiger partial charge in [0.15, 0.2) is 5.16 Å². The number of hydrogen-bond donors (Lipinski definition) is 1. The number of para-hydroxylation sites is 2. The molecule has 0 saturated heterocycles. The molecule has 25 heavy (non-hydrogen) atoms. The molecule has 3 rings (SSSR count). The Bertz CT molecular complexity index is 984. The van der Waals surface area contributed by atoms with Crippen LogP contribution in [0, 0.1) is 0 Å². The zero-order valence-corrected chi connectivity index (χ0v) is 15.3. The third kappa shape index (κ3) is 3.80. The van der Waals surface area contributed by atoms with E-state index >= 15 is 0 Å². The van der Waals surface area contributed by atoms with Crippen molar-refractivity contribution in [2.75, 3.05) is 11.8 Å². The van der Waals surface area contributed by atoms with Gasteiger partial charge < -0.3 is 9.30 Å². The van der Waals surface area contributed by atoms with Crippen LogP contribution in [0.25, 0.3) is 0 Å². The maximum Gasteiger partial charge on any atom is 0.265 e. The number of rotatable bonds is 6. The Morgan fingerprint density at radius 2 is 1.84 bits per heavy atom. The van der Waals surface area contributed by atoms with Gasteiger partial charge in [-0.1, -0.05) is 24.3 Å². The van der Waals surface area contributed by atoms with Gasteiger partial charge in [-0.05, 0) is 36.0 Å². The summed E-state index contributed by atoms with van der Waals surface area (Å²) in [5.74, 6) is 0.296. The van der Waals surface area contributed by atoms with E-state index in [4.69, 9.17) is 4.74 Å². The Labute approximate surface area is 150 Å². The Morgan fingerprint density at radius 1 is 1.12 bits per heavy atom. The summed E-state index contributed by atoms with van der Waals surface area (Å²) >= 11 is 1.39. The lowest BCUT2D eigenvalue weighted by Gasteiger charge is -2.14. The minimum atomic E-state index is -3.78. The fourth-order valence-electron chi connectivity index (χ4n) is 2.23. The van der Waals surface area contributed by atoms with Crippen molar-refractivity contribution in [2.24, 2.45) is 7.05 Å². The van der Waals surface area contributed by atoms with Gasteiger partial charge in [0, 0.05) is 24.3 Å². The van der Waals surface area contributed by atoms with Gasteiger partial charge >= 0.3 is 0 Å². The van der Waals surface area contributed by atoms with E-state index in [1.54, 1.807) is 36.5 Å². The van der Waals surface area contributed by atoms with Crippen LogP contribution in [-0.4, -0.2) is 25.1 Å². The predicted molar refractivity (Wildman–Crippen MR) is 97.6 cm³/mol. The van der Waals surface area contributed by atoms with Crippen LogP contribution < -0.4 is 9.46 Å². The second-order valence-electron chi connectivity index (χ2n) is 5.18. The van der Waals surface area contributed by atoms with E-state index in [-0.39, 0.29) is 4.90 Å². The number of hydrogen-bond acceptors (Lipinski definition) is 5. The monoisotopic (exact) mass is 375 g/mol. The molecule has 2 aromatic carbocycles. The molecule has 1 aromatic heterocycles. The Kier molecular flexibility index (Phi) is 5.00. The quantitative estimate of drug-likeness (QED) is 0.715. The largest absolute Gasteiger partial charge is 0.495 e. The lowest BCUT2D eigenvalue weighted by molar-refractivity contribution is 0.403. The lowest BCUT2D eigenvalue weighted by Crippen LogP contribution is -2.14. The van der Waals surface area contributed by atoms with Crippen molar-refractivity contribution < 1.29 is 13.2 Å². The van der Waals surface area contributed by atoms with Gasteiger partial charge in [0.1, 0.15) is 10.6 Å². The highest BCUT2D eigenvalue weighted by molar-refractivity contribution is 7.99. The third-order valence-corrected chi connectivity index (χ3v) is 6.03. The minimum absolute atomic E-state index is 0.0919. The number of imidazole rings is 1. The third-order valence-electron chi connectivity index (χ3n) is 3.47. The van der Waals surface area contributed by atoms with E-state index in [1.807, 2.05) is 29.9 Å². The van der Waals surface area contributed by atoms with Gasteiger partial charge in [-0.15, -0.1) is 0 Å². The highest BCUT2D eigenvalue weighted by atomic mass is 32.2. The number of aromatic nitrogens is 2. The van der Waals surface area contributed by atoms with Crippen molar-refractivity contribution >= 4 is 27.5 Å². The van der Waals surface area contributed by atoms with Crippen LogP contribution in [0.5, 0.6) is 5.75 Å². The van der Waals surface area contributed by atoms with Crippen molar-refractivity contribution in [3.63, 3.8) is 0 Å². The minimum Gasteiger partial charge on any atom is -0.495 e. The summed E-state index contributed by atoms with van der Waals surface area (Å²) in [5, 5.41) is 0.768. The second kappa shape index (κ2) is 7.20. The fraction of sp³-hybridized carbons (Fsp3) is 0.118. The predicted octanol–water partition coefficient (Wildman–Crippen LogP) is 3.38. The first kappa shape index (κ1) is 17.4. The zero-order chi connectivity index (χ0) is 17.9. The van der Waals surface area contributed by atoms with E-state index in [1.165, 1.54) is 24.9 Å². The standard InChI is InChI=1S/C17H17N3O3S2/c1-20-12-11-18-17(20)24-15-9-5-3-7-13(15)19-25(21,22)16-10-6-4-8-14(16)23-2/h3-12,19H,1-2H3. The lowest BCUT2D eigenvalue weighted by atomic mass is 10.3. The number of sulfonamides is 1. The Hall–Kier alpha value is -2.45. The fourth-order valence-corrected chi connectivity index (χ4v) is 4.44. The SMILES string of the molecule is COc1ccccc1S(=O)(=O)Nc1ccccc1Sc1nccn1C. The summed E-state index contributed by atoms with van der Waals surface area (Å²) in [7, 11) is -0.454. The average molecular weight is 375 g/mol. The number of aryl methyl sites for hydroxylation is 1. The summed E-state index contributed by atoms with van der Waals surface area (Å²) < 4.78 is 35.2. The first-order chi connectivity index (χ1) is 12.0. The van der Waals surface area contributed by atoms with Crippen LogP contribution in [0.2, 0.25) is 0 Å². The van der Waals surface area contributed by atoms with Gasteiger partial charge in [-0.2, -0.15) is 0 Å². The van der Waals surface area contributed by atoms with Gasteiger partial charge in [0.25, 0.3) is 10.0 Å². The average Bonchev–Trinajstić information content (AvgIpc) is 3.01. The molecule has 3 aromatic rings. The summed E-state index contributed by atoms with van der Waals surface area (Å²) in [4.78, 5) is 5.11. The highest BCUT2D eigenvalue weighted by Crippen LogP contribution is 2.34. The smallest absolute Gasteiger partial charge is 0.265 e.